The van der Waals surface area contributed by atoms with E-state index in [4.69, 9.17) is 15.7 Å². The topological polar surface area (TPSA) is 27.8 Å². The summed E-state index contributed by atoms with van der Waals surface area (Å²) in [7, 11) is -0.0885. The first kappa shape index (κ1) is 21.2. The first-order valence-electron chi connectivity index (χ1n) is 9.96. The van der Waals surface area contributed by atoms with Gasteiger partial charge in [-0.1, -0.05) is 26.8 Å². The lowest BCUT2D eigenvalue weighted by Crippen LogP contribution is -2.41. The highest BCUT2D eigenvalue weighted by Gasteiger charge is 2.36. The zero-order valence-corrected chi connectivity index (χ0v) is 19.2. The zero-order valence-electron chi connectivity index (χ0n) is 18.2. The van der Waals surface area contributed by atoms with Crippen LogP contribution in [0.4, 0.5) is 5.69 Å². The fourth-order valence-electron chi connectivity index (χ4n) is 3.17. The number of ether oxygens (including phenoxy) is 1. The minimum absolute atomic E-state index is 0.196. The largest absolute Gasteiger partial charge is 0.497 e. The predicted octanol–water partition coefficient (Wildman–Crippen LogP) is 6.75. The van der Waals surface area contributed by atoms with Crippen molar-refractivity contribution in [1.29, 1.82) is 0 Å². The van der Waals surface area contributed by atoms with Crippen LogP contribution in [0, 0.1) is 6.57 Å². The molecule has 152 valence electrons. The molecule has 1 aromatic heterocycles. The Morgan fingerprint density at radius 2 is 1.83 bits per heavy atom. The van der Waals surface area contributed by atoms with E-state index in [1.165, 1.54) is 5.56 Å². The second-order valence-electron chi connectivity index (χ2n) is 8.89. The lowest BCUT2D eigenvalue weighted by atomic mass is 10.1. The molecule has 0 bridgehead atoms. The first-order valence-corrected chi connectivity index (χ1v) is 12.9. The predicted molar refractivity (Wildman–Crippen MR) is 123 cm³/mol. The number of methoxy groups -OCH3 is 1. The third-order valence-electron chi connectivity index (χ3n) is 5.99. The van der Waals surface area contributed by atoms with Crippen LogP contribution >= 0.6 is 0 Å². The summed E-state index contributed by atoms with van der Waals surface area (Å²) in [5, 5.41) is 1.26. The highest BCUT2D eigenvalue weighted by atomic mass is 28.4. The molecule has 2 aromatic carbocycles. The van der Waals surface area contributed by atoms with E-state index in [9.17, 15) is 0 Å². The van der Waals surface area contributed by atoms with Crippen molar-refractivity contribution >= 4 is 24.9 Å². The van der Waals surface area contributed by atoms with Crippen LogP contribution in [-0.4, -0.2) is 26.6 Å². The van der Waals surface area contributed by atoms with E-state index >= 15 is 0 Å². The van der Waals surface area contributed by atoms with Gasteiger partial charge in [0.05, 0.1) is 19.2 Å². The number of nitrogens with zero attached hydrogens (tertiary/aromatic N) is 2. The van der Waals surface area contributed by atoms with Gasteiger partial charge in [-0.05, 0) is 71.9 Å². The van der Waals surface area contributed by atoms with Crippen LogP contribution in [0.5, 0.6) is 5.75 Å². The van der Waals surface area contributed by atoms with Crippen molar-refractivity contribution in [1.82, 2.24) is 4.57 Å². The summed E-state index contributed by atoms with van der Waals surface area (Å²) >= 11 is 0. The van der Waals surface area contributed by atoms with Crippen LogP contribution in [0.15, 0.2) is 48.7 Å². The van der Waals surface area contributed by atoms with E-state index in [1.807, 2.05) is 24.3 Å². The summed E-state index contributed by atoms with van der Waals surface area (Å²) in [6.07, 6.45) is 2.89. The van der Waals surface area contributed by atoms with Crippen molar-refractivity contribution in [2.75, 3.05) is 13.7 Å². The molecule has 0 unspecified atom stereocenters. The lowest BCUT2D eigenvalue weighted by Gasteiger charge is -2.36. The van der Waals surface area contributed by atoms with Gasteiger partial charge in [0.2, 0.25) is 0 Å². The molecule has 29 heavy (non-hydrogen) atoms. The van der Waals surface area contributed by atoms with Crippen molar-refractivity contribution in [2.24, 2.45) is 0 Å². The molecule has 0 saturated carbocycles. The molecule has 0 radical (unpaired) electrons. The van der Waals surface area contributed by atoms with Gasteiger partial charge in [-0.25, -0.2) is 4.85 Å². The smallest absolute Gasteiger partial charge is 0.191 e. The minimum Gasteiger partial charge on any atom is -0.497 e. The van der Waals surface area contributed by atoms with Gasteiger partial charge in [0.25, 0.3) is 0 Å². The number of benzene rings is 2. The second-order valence-corrected chi connectivity index (χ2v) is 13.7. The van der Waals surface area contributed by atoms with Crippen LogP contribution < -0.4 is 4.74 Å². The highest BCUT2D eigenvalue weighted by molar-refractivity contribution is 6.74. The molecule has 0 aliphatic carbocycles. The Kier molecular flexibility index (Phi) is 5.88. The van der Waals surface area contributed by atoms with E-state index in [2.05, 4.69) is 67.7 Å². The highest BCUT2D eigenvalue weighted by Crippen LogP contribution is 2.37. The Morgan fingerprint density at radius 1 is 1.07 bits per heavy atom. The van der Waals surface area contributed by atoms with Gasteiger partial charge in [-0.2, -0.15) is 0 Å². The second kappa shape index (κ2) is 8.06. The van der Waals surface area contributed by atoms with Crippen molar-refractivity contribution in [3.8, 4) is 11.4 Å². The molecule has 0 spiro atoms. The van der Waals surface area contributed by atoms with Crippen LogP contribution in [0.1, 0.15) is 26.3 Å². The number of hydrogen-bond donors (Lipinski definition) is 0. The number of hydrogen-bond acceptors (Lipinski definition) is 2. The molecule has 5 heteroatoms. The maximum atomic E-state index is 7.23. The average molecular weight is 407 g/mol. The fraction of sp³-hybridized carbons (Fsp3) is 0.375. The lowest BCUT2D eigenvalue weighted by molar-refractivity contribution is 0.291. The van der Waals surface area contributed by atoms with E-state index in [0.717, 1.165) is 28.8 Å². The van der Waals surface area contributed by atoms with Crippen molar-refractivity contribution in [3.63, 3.8) is 0 Å². The minimum atomic E-state index is -1.78. The molecule has 0 atom stereocenters. The molecule has 0 fully saturated rings. The quantitative estimate of drug-likeness (QED) is 0.334. The van der Waals surface area contributed by atoms with Gasteiger partial charge in [-0.3, -0.25) is 0 Å². The van der Waals surface area contributed by atoms with Gasteiger partial charge in [0, 0.05) is 18.5 Å². The Morgan fingerprint density at radius 3 is 2.48 bits per heavy atom. The summed E-state index contributed by atoms with van der Waals surface area (Å²) in [6, 6.07) is 14.1. The van der Waals surface area contributed by atoms with E-state index in [1.54, 1.807) is 7.11 Å². The van der Waals surface area contributed by atoms with Crippen LogP contribution in [-0.2, 0) is 10.8 Å². The van der Waals surface area contributed by atoms with Crippen molar-refractivity contribution in [2.45, 2.75) is 45.3 Å². The van der Waals surface area contributed by atoms with Gasteiger partial charge < -0.3 is 13.7 Å². The molecule has 4 nitrogen and oxygen atoms in total. The van der Waals surface area contributed by atoms with Crippen LogP contribution in [0.25, 0.3) is 21.4 Å². The average Bonchev–Trinajstić information content (AvgIpc) is 3.09. The first-order chi connectivity index (χ1) is 13.7. The zero-order chi connectivity index (χ0) is 21.2. The van der Waals surface area contributed by atoms with Gasteiger partial charge in [0.15, 0.2) is 14.0 Å². The molecule has 0 N–H and O–H groups in total. The molecule has 1 heterocycles. The van der Waals surface area contributed by atoms with E-state index in [-0.39, 0.29) is 5.04 Å². The van der Waals surface area contributed by atoms with Gasteiger partial charge in [-0.15, -0.1) is 0 Å². The van der Waals surface area contributed by atoms with Crippen LogP contribution in [0.3, 0.4) is 0 Å². The summed E-state index contributed by atoms with van der Waals surface area (Å²) in [6.45, 7) is 19.3. The standard InChI is InChI=1S/C24H30N2O2Si/c1-24(2,3)29(6,7)28-15-13-19-17-21(27-5)9-11-23(19)26-14-12-18-16-20(25-4)8-10-22(18)26/h8-12,14,16-17H,13,15H2,1-3,5-7H3. The Bertz CT molecular complexity index is 1050. The van der Waals surface area contributed by atoms with Crippen LogP contribution in [0.2, 0.25) is 18.1 Å². The molecule has 0 amide bonds. The van der Waals surface area contributed by atoms with E-state index in [0.29, 0.717) is 12.3 Å². The van der Waals surface area contributed by atoms with Crippen molar-refractivity contribution in [3.05, 3.63) is 65.6 Å². The molecule has 0 saturated heterocycles. The Balaban J connectivity index is 1.94. The van der Waals surface area contributed by atoms with Crippen molar-refractivity contribution < 1.29 is 9.16 Å². The molecule has 0 aliphatic rings. The summed E-state index contributed by atoms with van der Waals surface area (Å²) in [5.74, 6) is 0.850. The summed E-state index contributed by atoms with van der Waals surface area (Å²) < 4.78 is 14.1. The number of rotatable bonds is 6. The maximum absolute atomic E-state index is 7.23. The molecular weight excluding hydrogens is 376 g/mol. The summed E-state index contributed by atoms with van der Waals surface area (Å²) in [5.41, 5.74) is 4.06. The van der Waals surface area contributed by atoms with Gasteiger partial charge in [0.1, 0.15) is 5.75 Å². The number of aromatic nitrogens is 1. The molecule has 0 aliphatic heterocycles. The third kappa shape index (κ3) is 4.39. The molecule has 3 aromatic rings. The number of fused-ring (bicyclic) bond motifs is 1. The normalized spacial score (nSPS) is 12.2. The summed E-state index contributed by atoms with van der Waals surface area (Å²) in [4.78, 5) is 3.54. The van der Waals surface area contributed by atoms with E-state index < -0.39 is 8.32 Å². The monoisotopic (exact) mass is 406 g/mol. The maximum Gasteiger partial charge on any atom is 0.191 e. The third-order valence-corrected chi connectivity index (χ3v) is 10.5. The Hall–Kier alpha value is -2.55. The Labute approximate surface area is 175 Å². The molecule has 3 rings (SSSR count). The molecular formula is C24H30N2O2Si. The SMILES string of the molecule is [C-]#[N+]c1ccc2c(ccn2-c2ccc(OC)cc2CCO[Si](C)(C)C(C)(C)C)c1. The van der Waals surface area contributed by atoms with Gasteiger partial charge >= 0.3 is 0 Å². The fourth-order valence-corrected chi connectivity index (χ4v) is 4.21.